The molecule has 0 bridgehead atoms. The normalized spacial score (nSPS) is 11.2. The van der Waals surface area contributed by atoms with Crippen LogP contribution in [0.1, 0.15) is 19.9 Å². The van der Waals surface area contributed by atoms with E-state index in [0.717, 1.165) is 10.7 Å². The molecule has 3 aromatic rings. The standard InChI is InChI=1S/C15H18N6OS2/c1-10(2)21-12(6-7-16-21)17-13(22)9-24-15-19-18-14(20(15)3)11-5-4-8-23-11/h4-8,10H,9H2,1-3H3,(H,17,22). The molecule has 0 spiro atoms. The summed E-state index contributed by atoms with van der Waals surface area (Å²) >= 11 is 2.97. The van der Waals surface area contributed by atoms with Gasteiger partial charge in [-0.3, -0.25) is 4.79 Å². The van der Waals surface area contributed by atoms with E-state index in [2.05, 4.69) is 20.6 Å². The SMILES string of the molecule is CC(C)n1nccc1NC(=O)CSc1nnc(-c2cccs2)n1C. The molecule has 0 unspecified atom stereocenters. The second kappa shape index (κ2) is 7.18. The summed E-state index contributed by atoms with van der Waals surface area (Å²) in [6.45, 7) is 4.03. The van der Waals surface area contributed by atoms with E-state index in [1.54, 1.807) is 28.3 Å². The van der Waals surface area contributed by atoms with Crippen LogP contribution in [0.4, 0.5) is 5.82 Å². The molecule has 0 radical (unpaired) electrons. The molecular weight excluding hydrogens is 344 g/mol. The molecule has 0 aliphatic rings. The molecule has 3 aromatic heterocycles. The Labute approximate surface area is 148 Å². The maximum absolute atomic E-state index is 12.2. The van der Waals surface area contributed by atoms with Crippen molar-refractivity contribution in [2.45, 2.75) is 25.0 Å². The molecule has 3 heterocycles. The van der Waals surface area contributed by atoms with Gasteiger partial charge in [-0.15, -0.1) is 21.5 Å². The summed E-state index contributed by atoms with van der Waals surface area (Å²) in [5.74, 6) is 1.68. The highest BCUT2D eigenvalue weighted by molar-refractivity contribution is 7.99. The third-order valence-corrected chi connectivity index (χ3v) is 5.22. The Kier molecular flexibility index (Phi) is 5.00. The van der Waals surface area contributed by atoms with Crippen molar-refractivity contribution in [3.8, 4) is 10.7 Å². The summed E-state index contributed by atoms with van der Waals surface area (Å²) < 4.78 is 3.68. The van der Waals surface area contributed by atoms with Crippen molar-refractivity contribution in [3.63, 3.8) is 0 Å². The summed E-state index contributed by atoms with van der Waals surface area (Å²) in [7, 11) is 1.91. The van der Waals surface area contributed by atoms with E-state index >= 15 is 0 Å². The first kappa shape index (κ1) is 16.7. The van der Waals surface area contributed by atoms with Crippen molar-refractivity contribution < 1.29 is 4.79 Å². The van der Waals surface area contributed by atoms with Gasteiger partial charge >= 0.3 is 0 Å². The quantitative estimate of drug-likeness (QED) is 0.682. The lowest BCUT2D eigenvalue weighted by atomic mass is 10.4. The van der Waals surface area contributed by atoms with Gasteiger partial charge in [0.2, 0.25) is 5.91 Å². The molecule has 0 saturated carbocycles. The minimum atomic E-state index is -0.0944. The fourth-order valence-corrected chi connectivity index (χ4v) is 3.65. The Morgan fingerprint density at radius 3 is 2.92 bits per heavy atom. The van der Waals surface area contributed by atoms with Gasteiger partial charge in [0.15, 0.2) is 11.0 Å². The first-order valence-corrected chi connectivity index (χ1v) is 9.32. The van der Waals surface area contributed by atoms with Crippen LogP contribution < -0.4 is 5.32 Å². The maximum Gasteiger partial charge on any atom is 0.235 e. The van der Waals surface area contributed by atoms with E-state index in [0.29, 0.717) is 11.0 Å². The Balaban J connectivity index is 1.62. The number of nitrogens with one attached hydrogen (secondary N) is 1. The van der Waals surface area contributed by atoms with Gasteiger partial charge in [-0.2, -0.15) is 5.10 Å². The summed E-state index contributed by atoms with van der Waals surface area (Å²) in [6, 6.07) is 5.96. The van der Waals surface area contributed by atoms with Crippen molar-refractivity contribution in [2.75, 3.05) is 11.1 Å². The first-order valence-electron chi connectivity index (χ1n) is 7.45. The molecular formula is C15H18N6OS2. The third kappa shape index (κ3) is 3.51. The highest BCUT2D eigenvalue weighted by atomic mass is 32.2. The second-order valence-corrected chi connectivity index (χ2v) is 7.32. The van der Waals surface area contributed by atoms with Crippen LogP contribution in [-0.2, 0) is 11.8 Å². The number of aromatic nitrogens is 5. The predicted octanol–water partition coefficient (Wildman–Crippen LogP) is 3.05. The number of rotatable bonds is 6. The zero-order valence-electron chi connectivity index (χ0n) is 13.6. The summed E-state index contributed by atoms with van der Waals surface area (Å²) in [5, 5.41) is 18.2. The monoisotopic (exact) mass is 362 g/mol. The van der Waals surface area contributed by atoms with Crippen LogP contribution in [0.15, 0.2) is 34.9 Å². The molecule has 0 aliphatic heterocycles. The van der Waals surface area contributed by atoms with Crippen molar-refractivity contribution >= 4 is 34.8 Å². The number of hydrogen-bond donors (Lipinski definition) is 1. The lowest BCUT2D eigenvalue weighted by molar-refractivity contribution is -0.113. The van der Waals surface area contributed by atoms with Gasteiger partial charge in [0.25, 0.3) is 0 Å². The molecule has 9 heteroatoms. The van der Waals surface area contributed by atoms with Crippen molar-refractivity contribution in [1.29, 1.82) is 0 Å². The van der Waals surface area contributed by atoms with Crippen LogP contribution in [-0.4, -0.2) is 36.2 Å². The zero-order valence-corrected chi connectivity index (χ0v) is 15.3. The molecule has 7 nitrogen and oxygen atoms in total. The van der Waals surface area contributed by atoms with Crippen LogP contribution in [0.2, 0.25) is 0 Å². The van der Waals surface area contributed by atoms with Crippen molar-refractivity contribution in [3.05, 3.63) is 29.8 Å². The van der Waals surface area contributed by atoms with Crippen molar-refractivity contribution in [2.24, 2.45) is 7.05 Å². The van der Waals surface area contributed by atoms with Gasteiger partial charge in [0, 0.05) is 19.2 Å². The first-order chi connectivity index (χ1) is 11.6. The molecule has 24 heavy (non-hydrogen) atoms. The number of anilines is 1. The summed E-state index contributed by atoms with van der Waals surface area (Å²) in [4.78, 5) is 13.2. The molecule has 0 aromatic carbocycles. The number of thioether (sulfide) groups is 1. The number of nitrogens with zero attached hydrogens (tertiary/aromatic N) is 5. The molecule has 0 fully saturated rings. The topological polar surface area (TPSA) is 77.6 Å². The zero-order chi connectivity index (χ0) is 17.1. The van der Waals surface area contributed by atoms with E-state index in [1.807, 2.05) is 43.0 Å². The molecule has 3 rings (SSSR count). The van der Waals surface area contributed by atoms with Gasteiger partial charge in [-0.05, 0) is 25.3 Å². The Hall–Kier alpha value is -2.13. The fraction of sp³-hybridized carbons (Fsp3) is 0.333. The number of carbonyl (C=O) groups is 1. The minimum Gasteiger partial charge on any atom is -0.310 e. The van der Waals surface area contributed by atoms with E-state index in [4.69, 9.17) is 0 Å². The van der Waals surface area contributed by atoms with Gasteiger partial charge < -0.3 is 9.88 Å². The van der Waals surface area contributed by atoms with Crippen molar-refractivity contribution in [1.82, 2.24) is 24.5 Å². The van der Waals surface area contributed by atoms with E-state index in [1.165, 1.54) is 11.8 Å². The summed E-state index contributed by atoms with van der Waals surface area (Å²) in [6.07, 6.45) is 1.68. The largest absolute Gasteiger partial charge is 0.310 e. The molecule has 0 atom stereocenters. The Bertz CT molecular complexity index is 821. The van der Waals surface area contributed by atoms with E-state index in [-0.39, 0.29) is 17.7 Å². The average molecular weight is 362 g/mol. The number of carbonyl (C=O) groups excluding carboxylic acids is 1. The van der Waals surface area contributed by atoms with E-state index < -0.39 is 0 Å². The van der Waals surface area contributed by atoms with Crippen LogP contribution in [0.3, 0.4) is 0 Å². The number of thiophene rings is 1. The van der Waals surface area contributed by atoms with Gasteiger partial charge in [-0.25, -0.2) is 4.68 Å². The van der Waals surface area contributed by atoms with Crippen LogP contribution in [0.25, 0.3) is 10.7 Å². The maximum atomic E-state index is 12.2. The second-order valence-electron chi connectivity index (χ2n) is 5.43. The number of amides is 1. The molecule has 0 saturated heterocycles. The molecule has 126 valence electrons. The van der Waals surface area contributed by atoms with Gasteiger partial charge in [-0.1, -0.05) is 17.8 Å². The lowest BCUT2D eigenvalue weighted by Gasteiger charge is -2.11. The highest BCUT2D eigenvalue weighted by Crippen LogP contribution is 2.26. The Morgan fingerprint density at radius 2 is 2.21 bits per heavy atom. The van der Waals surface area contributed by atoms with Gasteiger partial charge in [0.1, 0.15) is 5.82 Å². The molecule has 0 aliphatic carbocycles. The van der Waals surface area contributed by atoms with Crippen LogP contribution in [0, 0.1) is 0 Å². The smallest absolute Gasteiger partial charge is 0.235 e. The fourth-order valence-electron chi connectivity index (χ4n) is 2.19. The van der Waals surface area contributed by atoms with E-state index in [9.17, 15) is 4.79 Å². The Morgan fingerprint density at radius 1 is 1.38 bits per heavy atom. The molecule has 1 amide bonds. The summed E-state index contributed by atoms with van der Waals surface area (Å²) in [5.41, 5.74) is 0. The minimum absolute atomic E-state index is 0.0944. The highest BCUT2D eigenvalue weighted by Gasteiger charge is 2.14. The van der Waals surface area contributed by atoms with Crippen LogP contribution in [0.5, 0.6) is 0 Å². The lowest BCUT2D eigenvalue weighted by Crippen LogP contribution is -2.18. The average Bonchev–Trinajstić information content (AvgIpc) is 3.25. The third-order valence-electron chi connectivity index (χ3n) is 3.34. The predicted molar refractivity (Wildman–Crippen MR) is 96.3 cm³/mol. The van der Waals surface area contributed by atoms with Gasteiger partial charge in [0.05, 0.1) is 16.8 Å². The number of hydrogen-bond acceptors (Lipinski definition) is 6. The van der Waals surface area contributed by atoms with Crippen LogP contribution >= 0.6 is 23.1 Å². The molecule has 1 N–H and O–H groups in total.